The van der Waals surface area contributed by atoms with Crippen LogP contribution in [0.2, 0.25) is 0 Å². The average molecular weight is 250 g/mol. The smallest absolute Gasteiger partial charge is 0.303 e. The molecule has 0 aromatic heterocycles. The summed E-state index contributed by atoms with van der Waals surface area (Å²) in [6.07, 6.45) is 3.48. The monoisotopic (exact) mass is 249 g/mol. The Kier molecular flexibility index (Phi) is 7.77. The summed E-state index contributed by atoms with van der Waals surface area (Å²) in [6.45, 7) is 8.08. The van der Waals surface area contributed by atoms with E-state index in [0.29, 0.717) is 6.42 Å². The van der Waals surface area contributed by atoms with E-state index in [-0.39, 0.29) is 12.4 Å². The van der Waals surface area contributed by atoms with E-state index in [2.05, 4.69) is 18.7 Å². The number of aliphatic carboxylic acids is 1. The van der Waals surface area contributed by atoms with Crippen molar-refractivity contribution in [2.75, 3.05) is 19.6 Å². The van der Waals surface area contributed by atoms with Gasteiger partial charge >= 0.3 is 5.97 Å². The van der Waals surface area contributed by atoms with Crippen LogP contribution in [0.5, 0.6) is 0 Å². The summed E-state index contributed by atoms with van der Waals surface area (Å²) in [6, 6.07) is 0. The first kappa shape index (κ1) is 15.7. The molecule has 0 amide bonds. The normalized spacial score (nSPS) is 21.1. The van der Waals surface area contributed by atoms with Gasteiger partial charge in [0.15, 0.2) is 0 Å². The first-order valence-corrected chi connectivity index (χ1v) is 6.03. The van der Waals surface area contributed by atoms with E-state index in [1.54, 1.807) is 0 Å². The zero-order valence-electron chi connectivity index (χ0n) is 10.3. The van der Waals surface area contributed by atoms with Gasteiger partial charge in [0.05, 0.1) is 0 Å². The molecule has 0 radical (unpaired) electrons. The number of carbonyl (C=O) groups is 1. The molecule has 0 saturated carbocycles. The van der Waals surface area contributed by atoms with Crippen LogP contribution in [0.3, 0.4) is 0 Å². The van der Waals surface area contributed by atoms with Gasteiger partial charge in [-0.05, 0) is 44.2 Å². The Morgan fingerprint density at radius 3 is 2.62 bits per heavy atom. The van der Waals surface area contributed by atoms with E-state index in [4.69, 9.17) is 5.11 Å². The quantitative estimate of drug-likeness (QED) is 0.736. The van der Waals surface area contributed by atoms with Crippen LogP contribution in [0, 0.1) is 11.8 Å². The van der Waals surface area contributed by atoms with Crippen LogP contribution in [0.1, 0.15) is 39.5 Å². The molecule has 3 nitrogen and oxygen atoms in total. The number of hydrogen-bond acceptors (Lipinski definition) is 2. The van der Waals surface area contributed by atoms with Crippen LogP contribution in [-0.2, 0) is 4.79 Å². The second-order valence-corrected chi connectivity index (χ2v) is 4.94. The summed E-state index contributed by atoms with van der Waals surface area (Å²) < 4.78 is 0. The number of hydrogen-bond donors (Lipinski definition) is 1. The predicted octanol–water partition coefficient (Wildman–Crippen LogP) is 2.64. The van der Waals surface area contributed by atoms with E-state index in [9.17, 15) is 4.79 Å². The summed E-state index contributed by atoms with van der Waals surface area (Å²) in [4.78, 5) is 12.8. The summed E-state index contributed by atoms with van der Waals surface area (Å²) in [5, 5.41) is 8.51. The van der Waals surface area contributed by atoms with Crippen LogP contribution in [0.15, 0.2) is 0 Å². The van der Waals surface area contributed by atoms with Crippen LogP contribution in [0.25, 0.3) is 0 Å². The Labute approximate surface area is 105 Å². The van der Waals surface area contributed by atoms with E-state index in [1.165, 1.54) is 19.5 Å². The van der Waals surface area contributed by atoms with Crippen molar-refractivity contribution in [2.45, 2.75) is 39.5 Å². The minimum atomic E-state index is -0.670. The Hall–Kier alpha value is -0.280. The van der Waals surface area contributed by atoms with E-state index in [1.807, 2.05) is 0 Å². The third-order valence-corrected chi connectivity index (χ3v) is 3.37. The molecule has 16 heavy (non-hydrogen) atoms. The summed E-state index contributed by atoms with van der Waals surface area (Å²) in [5.41, 5.74) is 0. The first-order valence-electron chi connectivity index (χ1n) is 6.03. The SMILES string of the molecule is CC(C)C1CCN(CCCCC(=O)O)C1.Cl. The largest absolute Gasteiger partial charge is 0.481 e. The van der Waals surface area contributed by atoms with E-state index in [0.717, 1.165) is 31.2 Å². The Bertz CT molecular complexity index is 209. The van der Waals surface area contributed by atoms with Gasteiger partial charge in [0.1, 0.15) is 0 Å². The van der Waals surface area contributed by atoms with Gasteiger partial charge in [-0.25, -0.2) is 0 Å². The van der Waals surface area contributed by atoms with Crippen molar-refractivity contribution in [1.82, 2.24) is 4.90 Å². The lowest BCUT2D eigenvalue weighted by Gasteiger charge is -2.17. The Morgan fingerprint density at radius 1 is 1.44 bits per heavy atom. The van der Waals surface area contributed by atoms with Gasteiger partial charge in [0.2, 0.25) is 0 Å². The molecule has 1 N–H and O–H groups in total. The van der Waals surface area contributed by atoms with Gasteiger partial charge in [-0.1, -0.05) is 13.8 Å². The molecule has 1 aliphatic heterocycles. The maximum Gasteiger partial charge on any atom is 0.303 e. The van der Waals surface area contributed by atoms with Crippen molar-refractivity contribution < 1.29 is 9.90 Å². The molecule has 1 saturated heterocycles. The Balaban J connectivity index is 0.00000225. The van der Waals surface area contributed by atoms with Gasteiger partial charge in [0, 0.05) is 13.0 Å². The number of rotatable bonds is 6. The maximum atomic E-state index is 10.3. The lowest BCUT2D eigenvalue weighted by molar-refractivity contribution is -0.137. The number of nitrogens with zero attached hydrogens (tertiary/aromatic N) is 1. The lowest BCUT2D eigenvalue weighted by atomic mass is 9.95. The molecule has 1 unspecified atom stereocenters. The van der Waals surface area contributed by atoms with Crippen molar-refractivity contribution in [1.29, 1.82) is 0 Å². The highest BCUT2D eigenvalue weighted by Gasteiger charge is 2.23. The van der Waals surface area contributed by atoms with Gasteiger partial charge in [-0.15, -0.1) is 12.4 Å². The molecule has 96 valence electrons. The molecule has 1 heterocycles. The lowest BCUT2D eigenvalue weighted by Crippen LogP contribution is -2.23. The first-order chi connectivity index (χ1) is 7.09. The topological polar surface area (TPSA) is 40.5 Å². The molecule has 0 bridgehead atoms. The zero-order chi connectivity index (χ0) is 11.3. The van der Waals surface area contributed by atoms with Gasteiger partial charge < -0.3 is 10.0 Å². The second kappa shape index (κ2) is 7.91. The van der Waals surface area contributed by atoms with E-state index >= 15 is 0 Å². The van der Waals surface area contributed by atoms with Crippen molar-refractivity contribution in [2.24, 2.45) is 11.8 Å². The van der Waals surface area contributed by atoms with Crippen LogP contribution in [-0.4, -0.2) is 35.6 Å². The highest BCUT2D eigenvalue weighted by atomic mass is 35.5. The molecule has 0 aromatic rings. The highest BCUT2D eigenvalue weighted by molar-refractivity contribution is 5.85. The van der Waals surface area contributed by atoms with E-state index < -0.39 is 5.97 Å². The van der Waals surface area contributed by atoms with Crippen molar-refractivity contribution in [3.8, 4) is 0 Å². The standard InChI is InChI=1S/C12H23NO2.ClH/c1-10(2)11-6-8-13(9-11)7-4-3-5-12(14)15;/h10-11H,3-9H2,1-2H3,(H,14,15);1H. The molecule has 0 aromatic carbocycles. The van der Waals surface area contributed by atoms with Gasteiger partial charge in [0.25, 0.3) is 0 Å². The molecule has 0 aliphatic carbocycles. The molecular formula is C12H24ClNO2. The Morgan fingerprint density at radius 2 is 2.12 bits per heavy atom. The molecule has 0 spiro atoms. The van der Waals surface area contributed by atoms with Crippen molar-refractivity contribution in [3.63, 3.8) is 0 Å². The average Bonchev–Trinajstić information content (AvgIpc) is 2.60. The molecule has 4 heteroatoms. The second-order valence-electron chi connectivity index (χ2n) is 4.94. The number of unbranched alkanes of at least 4 members (excludes halogenated alkanes) is 1. The molecule has 1 fully saturated rings. The number of carboxylic acid groups (broad SMARTS) is 1. The third kappa shape index (κ3) is 5.71. The van der Waals surface area contributed by atoms with Gasteiger partial charge in [-0.3, -0.25) is 4.79 Å². The van der Waals surface area contributed by atoms with Crippen LogP contribution >= 0.6 is 12.4 Å². The zero-order valence-corrected chi connectivity index (χ0v) is 11.1. The van der Waals surface area contributed by atoms with Crippen molar-refractivity contribution >= 4 is 18.4 Å². The highest BCUT2D eigenvalue weighted by Crippen LogP contribution is 2.23. The number of likely N-dealkylation sites (tertiary alicyclic amines) is 1. The summed E-state index contributed by atoms with van der Waals surface area (Å²) in [5.74, 6) is 0.968. The molecular weight excluding hydrogens is 226 g/mol. The molecule has 1 atom stereocenters. The van der Waals surface area contributed by atoms with Crippen LogP contribution < -0.4 is 0 Å². The number of halogens is 1. The number of carboxylic acids is 1. The summed E-state index contributed by atoms with van der Waals surface area (Å²) in [7, 11) is 0. The minimum Gasteiger partial charge on any atom is -0.481 e. The van der Waals surface area contributed by atoms with Crippen molar-refractivity contribution in [3.05, 3.63) is 0 Å². The third-order valence-electron chi connectivity index (χ3n) is 3.37. The van der Waals surface area contributed by atoms with Gasteiger partial charge in [-0.2, -0.15) is 0 Å². The summed E-state index contributed by atoms with van der Waals surface area (Å²) >= 11 is 0. The fraction of sp³-hybridized carbons (Fsp3) is 0.917. The molecule has 1 rings (SSSR count). The predicted molar refractivity (Wildman–Crippen MR) is 68.1 cm³/mol. The minimum absolute atomic E-state index is 0. The maximum absolute atomic E-state index is 10.3. The fourth-order valence-corrected chi connectivity index (χ4v) is 2.22. The van der Waals surface area contributed by atoms with Crippen LogP contribution in [0.4, 0.5) is 0 Å². The molecule has 1 aliphatic rings. The fourth-order valence-electron chi connectivity index (χ4n) is 2.22.